The van der Waals surface area contributed by atoms with E-state index in [-0.39, 0.29) is 29.7 Å². The highest BCUT2D eigenvalue weighted by atomic mass is 16.2. The van der Waals surface area contributed by atoms with Crippen molar-refractivity contribution in [2.24, 2.45) is 5.41 Å². The molecule has 1 N–H and O–H groups in total. The Labute approximate surface area is 105 Å². The standard InChI is InChI=1S/C13H26N2O2/c1-7-15(8-11(16)13(4,5)6)9-12(17)14-10(2)3/h10H,7-9H2,1-6H3,(H,14,17). The van der Waals surface area contributed by atoms with Gasteiger partial charge in [0.25, 0.3) is 0 Å². The number of rotatable bonds is 6. The van der Waals surface area contributed by atoms with E-state index in [9.17, 15) is 9.59 Å². The summed E-state index contributed by atoms with van der Waals surface area (Å²) in [6.45, 7) is 12.8. The maximum absolute atomic E-state index is 11.9. The number of nitrogens with zero attached hydrogens (tertiary/aromatic N) is 1. The lowest BCUT2D eigenvalue weighted by atomic mass is 9.90. The SMILES string of the molecule is CCN(CC(=O)NC(C)C)CC(=O)C(C)(C)C. The number of ketones is 1. The summed E-state index contributed by atoms with van der Waals surface area (Å²) in [6, 6.07) is 0.138. The largest absolute Gasteiger partial charge is 0.353 e. The predicted octanol–water partition coefficient (Wildman–Crippen LogP) is 1.45. The number of carbonyl (C=O) groups is 2. The number of nitrogens with one attached hydrogen (secondary N) is 1. The fourth-order valence-corrected chi connectivity index (χ4v) is 1.29. The summed E-state index contributed by atoms with van der Waals surface area (Å²) in [6.07, 6.45) is 0. The quantitative estimate of drug-likeness (QED) is 0.767. The second kappa shape index (κ2) is 6.74. The second-order valence-electron chi connectivity index (χ2n) is 5.70. The van der Waals surface area contributed by atoms with Crippen molar-refractivity contribution in [2.75, 3.05) is 19.6 Å². The molecule has 0 saturated carbocycles. The highest BCUT2D eigenvalue weighted by Crippen LogP contribution is 2.14. The first-order valence-corrected chi connectivity index (χ1v) is 6.21. The first-order chi connectivity index (χ1) is 7.66. The first-order valence-electron chi connectivity index (χ1n) is 6.21. The van der Waals surface area contributed by atoms with Gasteiger partial charge in [0.15, 0.2) is 5.78 Å². The molecule has 0 spiro atoms. The number of hydrogen-bond donors (Lipinski definition) is 1. The normalized spacial score (nSPS) is 12.0. The summed E-state index contributed by atoms with van der Waals surface area (Å²) in [5.74, 6) is 0.139. The fraction of sp³-hybridized carbons (Fsp3) is 0.846. The average Bonchev–Trinajstić information content (AvgIpc) is 2.13. The van der Waals surface area contributed by atoms with Crippen LogP contribution in [-0.4, -0.2) is 42.3 Å². The number of hydrogen-bond acceptors (Lipinski definition) is 3. The Balaban J connectivity index is 4.26. The molecule has 0 aliphatic carbocycles. The molecule has 0 unspecified atom stereocenters. The van der Waals surface area contributed by atoms with Crippen molar-refractivity contribution in [3.63, 3.8) is 0 Å². The van der Waals surface area contributed by atoms with Gasteiger partial charge in [0.1, 0.15) is 0 Å². The Hall–Kier alpha value is -0.900. The summed E-state index contributed by atoms with van der Waals surface area (Å²) in [5.41, 5.74) is -0.345. The molecule has 0 aliphatic heterocycles. The molecule has 0 rings (SSSR count). The van der Waals surface area contributed by atoms with Crippen molar-refractivity contribution in [3.05, 3.63) is 0 Å². The highest BCUT2D eigenvalue weighted by Gasteiger charge is 2.23. The number of amides is 1. The molecule has 0 fully saturated rings. The maximum Gasteiger partial charge on any atom is 0.234 e. The molecule has 0 aromatic heterocycles. The number of carbonyl (C=O) groups excluding carboxylic acids is 2. The third kappa shape index (κ3) is 7.10. The van der Waals surface area contributed by atoms with Gasteiger partial charge in [-0.15, -0.1) is 0 Å². The van der Waals surface area contributed by atoms with Gasteiger partial charge in [0.2, 0.25) is 5.91 Å². The number of likely N-dealkylation sites (N-methyl/N-ethyl adjacent to an activating group) is 1. The molecule has 4 nitrogen and oxygen atoms in total. The Morgan fingerprint density at radius 1 is 1.18 bits per heavy atom. The van der Waals surface area contributed by atoms with Gasteiger partial charge in [-0.3, -0.25) is 14.5 Å². The monoisotopic (exact) mass is 242 g/mol. The van der Waals surface area contributed by atoms with E-state index in [0.717, 1.165) is 0 Å². The zero-order valence-corrected chi connectivity index (χ0v) is 12.0. The molecule has 0 bridgehead atoms. The minimum absolute atomic E-state index is 0.0245. The van der Waals surface area contributed by atoms with Crippen LogP contribution in [0.1, 0.15) is 41.5 Å². The molecule has 1 amide bonds. The third-order valence-corrected chi connectivity index (χ3v) is 2.47. The van der Waals surface area contributed by atoms with Crippen LogP contribution in [0.3, 0.4) is 0 Å². The van der Waals surface area contributed by atoms with Crippen LogP contribution in [0.4, 0.5) is 0 Å². The van der Waals surface area contributed by atoms with Crippen LogP contribution in [0.2, 0.25) is 0 Å². The molecule has 0 radical (unpaired) electrons. The van der Waals surface area contributed by atoms with Crippen molar-refractivity contribution < 1.29 is 9.59 Å². The fourth-order valence-electron chi connectivity index (χ4n) is 1.29. The van der Waals surface area contributed by atoms with Crippen molar-refractivity contribution in [2.45, 2.75) is 47.6 Å². The summed E-state index contributed by atoms with van der Waals surface area (Å²) in [4.78, 5) is 25.3. The van der Waals surface area contributed by atoms with E-state index in [0.29, 0.717) is 13.1 Å². The molecule has 4 heteroatoms. The van der Waals surface area contributed by atoms with Gasteiger partial charge in [0.05, 0.1) is 13.1 Å². The van der Waals surface area contributed by atoms with Gasteiger partial charge in [-0.1, -0.05) is 27.7 Å². The van der Waals surface area contributed by atoms with Crippen LogP contribution in [0.5, 0.6) is 0 Å². The van der Waals surface area contributed by atoms with Crippen LogP contribution in [0.15, 0.2) is 0 Å². The first kappa shape index (κ1) is 16.1. The van der Waals surface area contributed by atoms with E-state index in [1.807, 2.05) is 46.4 Å². The van der Waals surface area contributed by atoms with E-state index in [1.54, 1.807) is 0 Å². The molecule has 0 saturated heterocycles. The Morgan fingerprint density at radius 3 is 2.06 bits per heavy atom. The number of Topliss-reactive ketones (excluding diaryl/α,β-unsaturated/α-hetero) is 1. The van der Waals surface area contributed by atoms with Crippen molar-refractivity contribution in [1.82, 2.24) is 10.2 Å². The van der Waals surface area contributed by atoms with Gasteiger partial charge in [-0.2, -0.15) is 0 Å². The van der Waals surface area contributed by atoms with E-state index in [4.69, 9.17) is 0 Å². The molecule has 0 heterocycles. The summed E-state index contributed by atoms with van der Waals surface area (Å²) < 4.78 is 0. The average molecular weight is 242 g/mol. The van der Waals surface area contributed by atoms with E-state index >= 15 is 0 Å². The van der Waals surface area contributed by atoms with Crippen molar-refractivity contribution >= 4 is 11.7 Å². The van der Waals surface area contributed by atoms with Gasteiger partial charge in [-0.05, 0) is 20.4 Å². The summed E-state index contributed by atoms with van der Waals surface area (Å²) >= 11 is 0. The third-order valence-electron chi connectivity index (χ3n) is 2.47. The van der Waals surface area contributed by atoms with E-state index < -0.39 is 0 Å². The molecule has 17 heavy (non-hydrogen) atoms. The molecular weight excluding hydrogens is 216 g/mol. The lowest BCUT2D eigenvalue weighted by Gasteiger charge is -2.24. The van der Waals surface area contributed by atoms with Crippen LogP contribution >= 0.6 is 0 Å². The van der Waals surface area contributed by atoms with Crippen molar-refractivity contribution in [3.8, 4) is 0 Å². The smallest absolute Gasteiger partial charge is 0.234 e. The van der Waals surface area contributed by atoms with Crippen LogP contribution in [0.25, 0.3) is 0 Å². The molecular formula is C13H26N2O2. The van der Waals surface area contributed by atoms with Gasteiger partial charge >= 0.3 is 0 Å². The van der Waals surface area contributed by atoms with Gasteiger partial charge in [0, 0.05) is 11.5 Å². The van der Waals surface area contributed by atoms with Crippen LogP contribution < -0.4 is 5.32 Å². The molecule has 0 atom stereocenters. The second-order valence-corrected chi connectivity index (χ2v) is 5.70. The molecule has 0 aromatic carbocycles. The molecule has 0 aliphatic rings. The minimum Gasteiger partial charge on any atom is -0.353 e. The van der Waals surface area contributed by atoms with Crippen molar-refractivity contribution in [1.29, 1.82) is 0 Å². The Bertz CT molecular complexity index is 267. The lowest BCUT2D eigenvalue weighted by Crippen LogP contribution is -2.43. The molecule has 0 aromatic rings. The zero-order chi connectivity index (χ0) is 13.6. The van der Waals surface area contributed by atoms with Gasteiger partial charge in [-0.25, -0.2) is 0 Å². The topological polar surface area (TPSA) is 49.4 Å². The molecule has 100 valence electrons. The van der Waals surface area contributed by atoms with Crippen LogP contribution in [-0.2, 0) is 9.59 Å². The Morgan fingerprint density at radius 2 is 1.71 bits per heavy atom. The lowest BCUT2D eigenvalue weighted by molar-refractivity contribution is -0.128. The van der Waals surface area contributed by atoms with E-state index in [2.05, 4.69) is 5.32 Å². The Kier molecular flexibility index (Phi) is 6.39. The highest BCUT2D eigenvalue weighted by molar-refractivity contribution is 5.86. The summed E-state index contributed by atoms with van der Waals surface area (Å²) in [5, 5.41) is 2.83. The minimum atomic E-state index is -0.345. The van der Waals surface area contributed by atoms with Crippen LogP contribution in [0, 0.1) is 5.41 Å². The zero-order valence-electron chi connectivity index (χ0n) is 12.0. The van der Waals surface area contributed by atoms with E-state index in [1.165, 1.54) is 0 Å². The summed E-state index contributed by atoms with van der Waals surface area (Å²) in [7, 11) is 0. The predicted molar refractivity (Wildman–Crippen MR) is 69.9 cm³/mol. The maximum atomic E-state index is 11.9. The van der Waals surface area contributed by atoms with Gasteiger partial charge < -0.3 is 5.32 Å².